The van der Waals surface area contributed by atoms with Gasteiger partial charge >= 0.3 is 11.8 Å². The van der Waals surface area contributed by atoms with Crippen molar-refractivity contribution in [3.8, 4) is 0 Å². The van der Waals surface area contributed by atoms with Crippen molar-refractivity contribution in [3.05, 3.63) is 40.7 Å². The van der Waals surface area contributed by atoms with E-state index in [-0.39, 0.29) is 0 Å². The van der Waals surface area contributed by atoms with Gasteiger partial charge in [-0.25, -0.2) is 0 Å². The van der Waals surface area contributed by atoms with Gasteiger partial charge in [0.1, 0.15) is 0 Å². The summed E-state index contributed by atoms with van der Waals surface area (Å²) in [4.78, 5) is 23.9. The second kappa shape index (κ2) is 5.78. The molecule has 6 nitrogen and oxygen atoms in total. The molecule has 0 atom stereocenters. The first-order valence-corrected chi connectivity index (χ1v) is 6.59. The fourth-order valence-electron chi connectivity index (χ4n) is 2.14. The number of nitrogens with one attached hydrogen (secondary N) is 3. The second-order valence-electron chi connectivity index (χ2n) is 5.09. The molecular formula is C15H18N4O2. The molecule has 0 unspecified atom stereocenters. The topological polar surface area (TPSA) is 86.9 Å². The van der Waals surface area contributed by atoms with Crippen molar-refractivity contribution in [3.63, 3.8) is 0 Å². The van der Waals surface area contributed by atoms with Gasteiger partial charge in [0.2, 0.25) is 0 Å². The van der Waals surface area contributed by atoms with Crippen molar-refractivity contribution >= 4 is 23.2 Å². The second-order valence-corrected chi connectivity index (χ2v) is 5.09. The molecule has 0 fully saturated rings. The largest absolute Gasteiger partial charge is 0.318 e. The molecule has 2 rings (SSSR count). The van der Waals surface area contributed by atoms with E-state index in [2.05, 4.69) is 20.8 Å². The maximum absolute atomic E-state index is 11.9. The van der Waals surface area contributed by atoms with Crippen LogP contribution in [0.4, 0.5) is 11.4 Å². The zero-order valence-corrected chi connectivity index (χ0v) is 12.5. The lowest BCUT2D eigenvalue weighted by molar-refractivity contribution is -0.133. The zero-order valence-electron chi connectivity index (χ0n) is 12.5. The highest BCUT2D eigenvalue weighted by Crippen LogP contribution is 2.17. The first-order valence-electron chi connectivity index (χ1n) is 6.59. The van der Waals surface area contributed by atoms with Gasteiger partial charge in [-0.1, -0.05) is 6.07 Å². The molecule has 0 aliphatic heterocycles. The Balaban J connectivity index is 2.08. The van der Waals surface area contributed by atoms with Crippen LogP contribution in [0.25, 0.3) is 0 Å². The number of carbonyl (C=O) groups excluding carboxylic acids is 2. The number of nitrogens with zero attached hydrogens (tertiary/aromatic N) is 1. The average molecular weight is 286 g/mol. The van der Waals surface area contributed by atoms with E-state index in [0.717, 1.165) is 11.1 Å². The number of hydrogen-bond donors (Lipinski definition) is 3. The van der Waals surface area contributed by atoms with E-state index in [1.807, 2.05) is 32.0 Å². The summed E-state index contributed by atoms with van der Waals surface area (Å²) in [7, 11) is 0. The van der Waals surface area contributed by atoms with Crippen LogP contribution in [-0.4, -0.2) is 22.0 Å². The van der Waals surface area contributed by atoms with Crippen molar-refractivity contribution < 1.29 is 9.59 Å². The Hall–Kier alpha value is -2.63. The fourth-order valence-corrected chi connectivity index (χ4v) is 2.14. The van der Waals surface area contributed by atoms with E-state index in [4.69, 9.17) is 0 Å². The Bertz CT molecular complexity index is 664. The molecule has 0 bridgehead atoms. The number of hydrogen-bond acceptors (Lipinski definition) is 3. The smallest absolute Gasteiger partial charge is 0.314 e. The minimum Gasteiger partial charge on any atom is -0.318 e. The summed E-state index contributed by atoms with van der Waals surface area (Å²) in [5.74, 6) is -1.43. The number of aromatic nitrogens is 2. The number of aromatic amines is 1. The van der Waals surface area contributed by atoms with Gasteiger partial charge in [0, 0.05) is 5.69 Å². The molecule has 1 aromatic heterocycles. The summed E-state index contributed by atoms with van der Waals surface area (Å²) in [6, 6.07) is 5.62. The molecule has 2 aromatic rings. The number of carbonyl (C=O) groups is 2. The van der Waals surface area contributed by atoms with Crippen molar-refractivity contribution in [1.82, 2.24) is 10.2 Å². The van der Waals surface area contributed by atoms with E-state index in [1.54, 1.807) is 13.8 Å². The van der Waals surface area contributed by atoms with Gasteiger partial charge in [0.15, 0.2) is 0 Å². The zero-order chi connectivity index (χ0) is 15.6. The van der Waals surface area contributed by atoms with E-state index in [9.17, 15) is 9.59 Å². The average Bonchev–Trinajstić information content (AvgIpc) is 2.69. The predicted molar refractivity (Wildman–Crippen MR) is 81.2 cm³/mol. The summed E-state index contributed by atoms with van der Waals surface area (Å²) in [6.45, 7) is 7.39. The van der Waals surface area contributed by atoms with Gasteiger partial charge in [-0.3, -0.25) is 14.7 Å². The first-order chi connectivity index (χ1) is 9.86. The first kappa shape index (κ1) is 14.8. The standard InChI is InChI=1S/C15H18N4O2/c1-8-5-9(2)7-12(6-8)16-14(20)15(21)17-13-10(3)18-19-11(13)4/h5-7H,1-4H3,(H,16,20)(H,17,21)(H,18,19). The monoisotopic (exact) mass is 286 g/mol. The molecule has 21 heavy (non-hydrogen) atoms. The Morgan fingerprint density at radius 2 is 1.52 bits per heavy atom. The maximum Gasteiger partial charge on any atom is 0.314 e. The highest BCUT2D eigenvalue weighted by atomic mass is 16.2. The van der Waals surface area contributed by atoms with Gasteiger partial charge in [-0.2, -0.15) is 5.10 Å². The number of anilines is 2. The number of benzene rings is 1. The molecule has 0 saturated heterocycles. The molecule has 0 aliphatic rings. The van der Waals surface area contributed by atoms with Crippen molar-refractivity contribution in [2.24, 2.45) is 0 Å². The molecule has 1 heterocycles. The lowest BCUT2D eigenvalue weighted by Crippen LogP contribution is -2.29. The molecule has 2 amide bonds. The Labute approximate surface area is 122 Å². The molecule has 1 aromatic carbocycles. The number of amides is 2. The predicted octanol–water partition coefficient (Wildman–Crippen LogP) is 2.22. The normalized spacial score (nSPS) is 10.3. The SMILES string of the molecule is Cc1cc(C)cc(NC(=O)C(=O)Nc2c(C)n[nH]c2C)c1. The van der Waals surface area contributed by atoms with Crippen LogP contribution in [0.5, 0.6) is 0 Å². The van der Waals surface area contributed by atoms with E-state index >= 15 is 0 Å². The quantitative estimate of drug-likeness (QED) is 0.740. The van der Waals surface area contributed by atoms with Gasteiger partial charge in [0.05, 0.1) is 17.1 Å². The highest BCUT2D eigenvalue weighted by Gasteiger charge is 2.17. The molecule has 110 valence electrons. The van der Waals surface area contributed by atoms with E-state index < -0.39 is 11.8 Å². The van der Waals surface area contributed by atoms with Crippen LogP contribution < -0.4 is 10.6 Å². The van der Waals surface area contributed by atoms with E-state index in [0.29, 0.717) is 22.8 Å². The molecular weight excluding hydrogens is 268 g/mol. The number of rotatable bonds is 2. The summed E-state index contributed by atoms with van der Waals surface area (Å²) in [5, 5.41) is 11.9. The Morgan fingerprint density at radius 3 is 2.05 bits per heavy atom. The summed E-state index contributed by atoms with van der Waals surface area (Å²) in [6.07, 6.45) is 0. The van der Waals surface area contributed by atoms with Crippen molar-refractivity contribution in [2.45, 2.75) is 27.7 Å². The van der Waals surface area contributed by atoms with Crippen LogP contribution in [0.3, 0.4) is 0 Å². The van der Waals surface area contributed by atoms with Gasteiger partial charge in [0.25, 0.3) is 0 Å². The minimum absolute atomic E-state index is 0.538. The third kappa shape index (κ3) is 3.47. The molecule has 0 radical (unpaired) electrons. The highest BCUT2D eigenvalue weighted by molar-refractivity contribution is 6.43. The lowest BCUT2D eigenvalue weighted by Gasteiger charge is -2.08. The minimum atomic E-state index is -0.721. The van der Waals surface area contributed by atoms with Crippen molar-refractivity contribution in [2.75, 3.05) is 10.6 Å². The van der Waals surface area contributed by atoms with Gasteiger partial charge in [-0.15, -0.1) is 0 Å². The van der Waals surface area contributed by atoms with E-state index in [1.165, 1.54) is 0 Å². The van der Waals surface area contributed by atoms with Crippen LogP contribution in [0, 0.1) is 27.7 Å². The maximum atomic E-state index is 11.9. The summed E-state index contributed by atoms with van der Waals surface area (Å²) in [5.41, 5.74) is 4.53. The molecule has 0 saturated carbocycles. The van der Waals surface area contributed by atoms with Crippen molar-refractivity contribution in [1.29, 1.82) is 0 Å². The Morgan fingerprint density at radius 1 is 0.952 bits per heavy atom. The summed E-state index contributed by atoms with van der Waals surface area (Å²) >= 11 is 0. The number of aryl methyl sites for hydroxylation is 4. The third-order valence-corrected chi connectivity index (χ3v) is 3.05. The molecule has 6 heteroatoms. The molecule has 0 spiro atoms. The van der Waals surface area contributed by atoms with Gasteiger partial charge in [-0.05, 0) is 51.0 Å². The number of H-pyrrole nitrogens is 1. The fraction of sp³-hybridized carbons (Fsp3) is 0.267. The Kier molecular flexibility index (Phi) is 4.07. The van der Waals surface area contributed by atoms with Crippen LogP contribution in [0.2, 0.25) is 0 Å². The third-order valence-electron chi connectivity index (χ3n) is 3.05. The van der Waals surface area contributed by atoms with Crippen LogP contribution in [0.1, 0.15) is 22.5 Å². The molecule has 3 N–H and O–H groups in total. The molecule has 0 aliphatic carbocycles. The van der Waals surface area contributed by atoms with Crippen LogP contribution in [-0.2, 0) is 9.59 Å². The lowest BCUT2D eigenvalue weighted by atomic mass is 10.1. The van der Waals surface area contributed by atoms with Crippen LogP contribution >= 0.6 is 0 Å². The van der Waals surface area contributed by atoms with Gasteiger partial charge < -0.3 is 10.6 Å². The summed E-state index contributed by atoms with van der Waals surface area (Å²) < 4.78 is 0. The van der Waals surface area contributed by atoms with Crippen LogP contribution in [0.15, 0.2) is 18.2 Å².